The summed E-state index contributed by atoms with van der Waals surface area (Å²) >= 11 is 1.60. The summed E-state index contributed by atoms with van der Waals surface area (Å²) in [6, 6.07) is 5.54. The van der Waals surface area contributed by atoms with E-state index in [2.05, 4.69) is 9.97 Å². The zero-order valence-electron chi connectivity index (χ0n) is 11.9. The molecule has 2 aromatic rings. The van der Waals surface area contributed by atoms with Crippen molar-refractivity contribution in [2.24, 2.45) is 0 Å². The zero-order valence-corrected chi connectivity index (χ0v) is 12.7. The van der Waals surface area contributed by atoms with E-state index in [0.717, 1.165) is 16.4 Å². The van der Waals surface area contributed by atoms with E-state index in [4.69, 9.17) is 4.74 Å². The highest BCUT2D eigenvalue weighted by Crippen LogP contribution is 2.26. The standard InChI is InChI=1S/C15H17N3O2S/c1-11-17-13(10-21-11)14-9-20-7-6-18(14)15(19)8-12-4-2-3-5-16-12/h2-5,10,14H,6-9H2,1H3/t14-/m0/s1. The maximum atomic E-state index is 12.6. The van der Waals surface area contributed by atoms with Gasteiger partial charge in [0.25, 0.3) is 0 Å². The second kappa shape index (κ2) is 6.32. The van der Waals surface area contributed by atoms with E-state index >= 15 is 0 Å². The molecule has 1 fully saturated rings. The van der Waals surface area contributed by atoms with Crippen LogP contribution in [-0.2, 0) is 16.0 Å². The fourth-order valence-electron chi connectivity index (χ4n) is 2.44. The lowest BCUT2D eigenvalue weighted by Crippen LogP contribution is -2.44. The SMILES string of the molecule is Cc1nc([C@@H]2COCCN2C(=O)Cc2ccccn2)cs1. The van der Waals surface area contributed by atoms with Gasteiger partial charge in [-0.2, -0.15) is 0 Å². The summed E-state index contributed by atoms with van der Waals surface area (Å²) in [5, 5.41) is 3.02. The van der Waals surface area contributed by atoms with Crippen molar-refractivity contribution in [2.45, 2.75) is 19.4 Å². The minimum Gasteiger partial charge on any atom is -0.377 e. The number of hydrogen-bond donors (Lipinski definition) is 0. The van der Waals surface area contributed by atoms with E-state index < -0.39 is 0 Å². The van der Waals surface area contributed by atoms with Crippen molar-refractivity contribution in [2.75, 3.05) is 19.8 Å². The van der Waals surface area contributed by atoms with Gasteiger partial charge in [0.05, 0.1) is 36.4 Å². The summed E-state index contributed by atoms with van der Waals surface area (Å²) < 4.78 is 5.53. The molecule has 21 heavy (non-hydrogen) atoms. The minimum atomic E-state index is -0.0834. The Morgan fingerprint density at radius 1 is 1.52 bits per heavy atom. The van der Waals surface area contributed by atoms with Crippen LogP contribution in [-0.4, -0.2) is 40.5 Å². The summed E-state index contributed by atoms with van der Waals surface area (Å²) in [6.45, 7) is 3.66. The zero-order chi connectivity index (χ0) is 14.7. The van der Waals surface area contributed by atoms with E-state index in [0.29, 0.717) is 26.2 Å². The third-order valence-corrected chi connectivity index (χ3v) is 4.28. The lowest BCUT2D eigenvalue weighted by molar-refractivity contribution is -0.139. The van der Waals surface area contributed by atoms with Crippen LogP contribution < -0.4 is 0 Å². The number of ether oxygens (including phenoxy) is 1. The average Bonchev–Trinajstić information content (AvgIpc) is 2.95. The van der Waals surface area contributed by atoms with Gasteiger partial charge in [-0.25, -0.2) is 4.98 Å². The van der Waals surface area contributed by atoms with Crippen molar-refractivity contribution >= 4 is 17.2 Å². The molecule has 1 saturated heterocycles. The first kappa shape index (κ1) is 14.2. The van der Waals surface area contributed by atoms with Gasteiger partial charge >= 0.3 is 0 Å². The number of carbonyl (C=O) groups excluding carboxylic acids is 1. The topological polar surface area (TPSA) is 55.3 Å². The number of morpholine rings is 1. The molecule has 3 heterocycles. The molecular weight excluding hydrogens is 286 g/mol. The van der Waals surface area contributed by atoms with Gasteiger partial charge in [0.1, 0.15) is 0 Å². The largest absolute Gasteiger partial charge is 0.377 e. The van der Waals surface area contributed by atoms with Crippen LogP contribution in [0.4, 0.5) is 0 Å². The number of rotatable bonds is 3. The number of carbonyl (C=O) groups is 1. The fraction of sp³-hybridized carbons (Fsp3) is 0.400. The highest BCUT2D eigenvalue weighted by molar-refractivity contribution is 7.09. The highest BCUT2D eigenvalue weighted by Gasteiger charge is 2.30. The van der Waals surface area contributed by atoms with E-state index in [1.54, 1.807) is 17.5 Å². The molecule has 110 valence electrons. The van der Waals surface area contributed by atoms with Gasteiger partial charge in [-0.1, -0.05) is 6.07 Å². The summed E-state index contributed by atoms with van der Waals surface area (Å²) in [5.41, 5.74) is 1.72. The first-order valence-corrected chi connectivity index (χ1v) is 7.81. The van der Waals surface area contributed by atoms with Gasteiger partial charge in [-0.15, -0.1) is 11.3 Å². The van der Waals surface area contributed by atoms with Crippen molar-refractivity contribution in [3.8, 4) is 0 Å². The molecule has 0 saturated carbocycles. The molecule has 0 radical (unpaired) electrons. The third-order valence-electron chi connectivity index (χ3n) is 3.49. The Morgan fingerprint density at radius 2 is 2.43 bits per heavy atom. The molecule has 6 heteroatoms. The molecule has 2 aromatic heterocycles. The second-order valence-electron chi connectivity index (χ2n) is 4.97. The normalized spacial score (nSPS) is 18.7. The Labute approximate surface area is 127 Å². The first-order valence-electron chi connectivity index (χ1n) is 6.93. The quantitative estimate of drug-likeness (QED) is 0.870. The lowest BCUT2D eigenvalue weighted by Gasteiger charge is -2.34. The van der Waals surface area contributed by atoms with Crippen LogP contribution in [0.5, 0.6) is 0 Å². The van der Waals surface area contributed by atoms with Gasteiger partial charge in [0.15, 0.2) is 0 Å². The van der Waals surface area contributed by atoms with Crippen molar-refractivity contribution in [1.82, 2.24) is 14.9 Å². The van der Waals surface area contributed by atoms with Gasteiger partial charge in [0.2, 0.25) is 5.91 Å². The average molecular weight is 303 g/mol. The smallest absolute Gasteiger partial charge is 0.229 e. The Morgan fingerprint density at radius 3 is 3.14 bits per heavy atom. The Kier molecular flexibility index (Phi) is 4.26. The molecular formula is C15H17N3O2S. The van der Waals surface area contributed by atoms with E-state index in [1.807, 2.05) is 35.4 Å². The minimum absolute atomic E-state index is 0.0765. The molecule has 0 aromatic carbocycles. The van der Waals surface area contributed by atoms with Crippen LogP contribution in [0.25, 0.3) is 0 Å². The summed E-state index contributed by atoms with van der Waals surface area (Å²) in [4.78, 5) is 23.2. The molecule has 0 spiro atoms. The number of pyridine rings is 1. The predicted molar refractivity (Wildman–Crippen MR) is 80.1 cm³/mol. The number of nitrogens with zero attached hydrogens (tertiary/aromatic N) is 3. The third kappa shape index (κ3) is 3.28. The van der Waals surface area contributed by atoms with Crippen LogP contribution in [0.15, 0.2) is 29.8 Å². The van der Waals surface area contributed by atoms with Crippen LogP contribution in [0, 0.1) is 6.92 Å². The summed E-state index contributed by atoms with van der Waals surface area (Å²) in [7, 11) is 0. The summed E-state index contributed by atoms with van der Waals surface area (Å²) in [6.07, 6.45) is 2.03. The van der Waals surface area contributed by atoms with Crippen molar-refractivity contribution in [3.63, 3.8) is 0 Å². The van der Waals surface area contributed by atoms with E-state index in [1.165, 1.54) is 0 Å². The van der Waals surface area contributed by atoms with Crippen LogP contribution >= 0.6 is 11.3 Å². The molecule has 1 amide bonds. The second-order valence-corrected chi connectivity index (χ2v) is 6.03. The Bertz CT molecular complexity index is 614. The molecule has 0 aliphatic carbocycles. The van der Waals surface area contributed by atoms with Crippen LogP contribution in [0.2, 0.25) is 0 Å². The fourth-order valence-corrected chi connectivity index (χ4v) is 3.10. The first-order chi connectivity index (χ1) is 10.2. The van der Waals surface area contributed by atoms with Crippen LogP contribution in [0.3, 0.4) is 0 Å². The maximum absolute atomic E-state index is 12.6. The van der Waals surface area contributed by atoms with E-state index in [-0.39, 0.29) is 11.9 Å². The van der Waals surface area contributed by atoms with Gasteiger partial charge in [0, 0.05) is 23.8 Å². The van der Waals surface area contributed by atoms with E-state index in [9.17, 15) is 4.79 Å². The van der Waals surface area contributed by atoms with Crippen molar-refractivity contribution in [1.29, 1.82) is 0 Å². The molecule has 0 N–H and O–H groups in total. The summed E-state index contributed by atoms with van der Waals surface area (Å²) in [5.74, 6) is 0.0765. The number of thiazole rings is 1. The van der Waals surface area contributed by atoms with Gasteiger partial charge < -0.3 is 9.64 Å². The van der Waals surface area contributed by atoms with Gasteiger partial charge in [-0.05, 0) is 19.1 Å². The van der Waals surface area contributed by atoms with Crippen LogP contribution in [0.1, 0.15) is 22.4 Å². The molecule has 3 rings (SSSR count). The lowest BCUT2D eigenvalue weighted by atomic mass is 10.1. The number of amides is 1. The number of hydrogen-bond acceptors (Lipinski definition) is 5. The Hall–Kier alpha value is -1.79. The Balaban J connectivity index is 1.76. The highest BCUT2D eigenvalue weighted by atomic mass is 32.1. The van der Waals surface area contributed by atoms with Gasteiger partial charge in [-0.3, -0.25) is 9.78 Å². The monoisotopic (exact) mass is 303 g/mol. The molecule has 1 atom stereocenters. The van der Waals surface area contributed by atoms with Crippen molar-refractivity contribution < 1.29 is 9.53 Å². The molecule has 1 aliphatic heterocycles. The molecule has 5 nitrogen and oxygen atoms in total. The molecule has 0 unspecified atom stereocenters. The number of aromatic nitrogens is 2. The maximum Gasteiger partial charge on any atom is 0.229 e. The molecule has 0 bridgehead atoms. The van der Waals surface area contributed by atoms with Crippen molar-refractivity contribution in [3.05, 3.63) is 46.2 Å². The molecule has 1 aliphatic rings. The predicted octanol–water partition coefficient (Wildman–Crippen LogP) is 1.99. The number of aryl methyl sites for hydroxylation is 1.